The molecule has 0 bridgehead atoms. The number of hydrogen-bond donors (Lipinski definition) is 1. The Kier molecular flexibility index (Phi) is 6.06. The van der Waals surface area contributed by atoms with Crippen LogP contribution in [0.2, 0.25) is 0 Å². The maximum Gasteiger partial charge on any atom is 0.417 e. The van der Waals surface area contributed by atoms with Gasteiger partial charge in [-0.2, -0.15) is 13.2 Å². The SMILES string of the molecule is CC(=O)Nc1c(-c2ccccc2)n(Cc2ccccc2)c2nc(-c3ccccc3)cc(C(F)(F)F)c12. The predicted octanol–water partition coefficient (Wildman–Crippen LogP) is 7.40. The minimum absolute atomic E-state index is 0.0964. The van der Waals surface area contributed by atoms with Crippen molar-refractivity contribution in [2.45, 2.75) is 19.6 Å². The number of fused-ring (bicyclic) bond motifs is 1. The summed E-state index contributed by atoms with van der Waals surface area (Å²) in [7, 11) is 0. The van der Waals surface area contributed by atoms with Crippen LogP contribution in [0.4, 0.5) is 18.9 Å². The topological polar surface area (TPSA) is 46.9 Å². The molecule has 180 valence electrons. The number of anilines is 1. The number of carbonyl (C=O) groups is 1. The first kappa shape index (κ1) is 23.4. The summed E-state index contributed by atoms with van der Waals surface area (Å²) < 4.78 is 45.4. The minimum atomic E-state index is -4.68. The molecule has 2 aromatic heterocycles. The zero-order valence-electron chi connectivity index (χ0n) is 19.4. The van der Waals surface area contributed by atoms with Crippen molar-refractivity contribution in [2.24, 2.45) is 0 Å². The summed E-state index contributed by atoms with van der Waals surface area (Å²) in [5.74, 6) is -0.466. The Morgan fingerprint density at radius 1 is 0.861 bits per heavy atom. The van der Waals surface area contributed by atoms with Crippen LogP contribution in [-0.4, -0.2) is 15.5 Å². The molecule has 0 spiro atoms. The molecule has 0 aliphatic heterocycles. The highest BCUT2D eigenvalue weighted by Gasteiger charge is 2.37. The molecule has 2 heterocycles. The lowest BCUT2D eigenvalue weighted by Crippen LogP contribution is -2.10. The van der Waals surface area contributed by atoms with Gasteiger partial charge in [0.1, 0.15) is 5.65 Å². The van der Waals surface area contributed by atoms with E-state index in [4.69, 9.17) is 4.98 Å². The summed E-state index contributed by atoms with van der Waals surface area (Å²) in [5, 5.41) is 2.56. The summed E-state index contributed by atoms with van der Waals surface area (Å²) in [6, 6.07) is 28.4. The number of halogens is 3. The van der Waals surface area contributed by atoms with E-state index < -0.39 is 17.6 Å². The average molecular weight is 486 g/mol. The molecule has 0 unspecified atom stereocenters. The van der Waals surface area contributed by atoms with Crippen LogP contribution < -0.4 is 5.32 Å². The van der Waals surface area contributed by atoms with Gasteiger partial charge in [-0.3, -0.25) is 4.79 Å². The number of carbonyl (C=O) groups excluding carboxylic acids is 1. The molecule has 1 amide bonds. The van der Waals surface area contributed by atoms with Crippen molar-refractivity contribution in [1.82, 2.24) is 9.55 Å². The van der Waals surface area contributed by atoms with E-state index in [1.807, 2.05) is 60.7 Å². The molecular weight excluding hydrogens is 463 g/mol. The Morgan fingerprint density at radius 2 is 1.42 bits per heavy atom. The predicted molar refractivity (Wildman–Crippen MR) is 135 cm³/mol. The summed E-state index contributed by atoms with van der Waals surface area (Å²) in [4.78, 5) is 17.0. The standard InChI is InChI=1S/C29H22F3N3O/c1-19(36)33-26-25-23(29(30,31)32)17-24(21-13-7-3-8-14-21)34-28(25)35(18-20-11-5-2-6-12-20)27(26)22-15-9-4-10-16-22/h2-17H,18H2,1H3,(H,33,36). The van der Waals surface area contributed by atoms with Crippen LogP contribution in [0.25, 0.3) is 33.5 Å². The molecule has 0 fully saturated rings. The van der Waals surface area contributed by atoms with E-state index in [-0.39, 0.29) is 29.0 Å². The largest absolute Gasteiger partial charge is 0.417 e. The molecule has 5 aromatic rings. The third-order valence-corrected chi connectivity index (χ3v) is 5.92. The van der Waals surface area contributed by atoms with Crippen LogP contribution in [0, 0.1) is 0 Å². The lowest BCUT2D eigenvalue weighted by molar-refractivity contribution is -0.136. The number of hydrogen-bond acceptors (Lipinski definition) is 2. The third-order valence-electron chi connectivity index (χ3n) is 5.92. The zero-order chi connectivity index (χ0) is 25.3. The number of alkyl halides is 3. The van der Waals surface area contributed by atoms with Crippen molar-refractivity contribution in [1.29, 1.82) is 0 Å². The van der Waals surface area contributed by atoms with Crippen LogP contribution in [0.5, 0.6) is 0 Å². The average Bonchev–Trinajstić information content (AvgIpc) is 3.16. The van der Waals surface area contributed by atoms with Crippen LogP contribution in [0.1, 0.15) is 18.1 Å². The number of rotatable bonds is 5. The second-order valence-electron chi connectivity index (χ2n) is 8.46. The van der Waals surface area contributed by atoms with Gasteiger partial charge >= 0.3 is 6.18 Å². The van der Waals surface area contributed by atoms with Crippen molar-refractivity contribution in [3.8, 4) is 22.5 Å². The molecule has 0 saturated heterocycles. The van der Waals surface area contributed by atoms with Gasteiger partial charge in [-0.05, 0) is 11.6 Å². The Balaban J connectivity index is 1.93. The van der Waals surface area contributed by atoms with E-state index in [1.54, 1.807) is 34.9 Å². The van der Waals surface area contributed by atoms with Crippen LogP contribution in [0.15, 0.2) is 97.1 Å². The molecule has 0 saturated carbocycles. The Hall–Kier alpha value is -4.39. The first-order chi connectivity index (χ1) is 17.3. The van der Waals surface area contributed by atoms with Gasteiger partial charge in [0.25, 0.3) is 0 Å². The second kappa shape index (κ2) is 9.34. The molecule has 1 N–H and O–H groups in total. The van der Waals surface area contributed by atoms with E-state index in [2.05, 4.69) is 5.32 Å². The Morgan fingerprint density at radius 3 is 1.97 bits per heavy atom. The van der Waals surface area contributed by atoms with Gasteiger partial charge in [0.2, 0.25) is 5.91 Å². The fourth-order valence-electron chi connectivity index (χ4n) is 4.43. The fraction of sp³-hybridized carbons (Fsp3) is 0.103. The summed E-state index contributed by atoms with van der Waals surface area (Å²) >= 11 is 0. The van der Waals surface area contributed by atoms with Gasteiger partial charge in [-0.1, -0.05) is 91.0 Å². The van der Waals surface area contributed by atoms with Crippen molar-refractivity contribution >= 4 is 22.6 Å². The molecule has 36 heavy (non-hydrogen) atoms. The highest BCUT2D eigenvalue weighted by Crippen LogP contribution is 2.45. The van der Waals surface area contributed by atoms with Gasteiger partial charge in [0, 0.05) is 24.6 Å². The van der Waals surface area contributed by atoms with Gasteiger partial charge in [-0.25, -0.2) is 4.98 Å². The Bertz CT molecular complexity index is 1530. The third kappa shape index (κ3) is 4.47. The van der Waals surface area contributed by atoms with Crippen LogP contribution >= 0.6 is 0 Å². The molecule has 7 heteroatoms. The number of nitrogens with one attached hydrogen (secondary N) is 1. The van der Waals surface area contributed by atoms with Gasteiger partial charge in [-0.15, -0.1) is 0 Å². The normalized spacial score (nSPS) is 11.6. The quantitative estimate of drug-likeness (QED) is 0.282. The number of amides is 1. The van der Waals surface area contributed by atoms with Gasteiger partial charge in [0.05, 0.1) is 28.0 Å². The zero-order valence-corrected chi connectivity index (χ0v) is 19.4. The van der Waals surface area contributed by atoms with E-state index in [9.17, 15) is 18.0 Å². The smallest absolute Gasteiger partial charge is 0.324 e. The molecule has 4 nitrogen and oxygen atoms in total. The van der Waals surface area contributed by atoms with E-state index in [0.29, 0.717) is 16.8 Å². The monoisotopic (exact) mass is 485 g/mol. The van der Waals surface area contributed by atoms with Crippen LogP contribution in [0.3, 0.4) is 0 Å². The summed E-state index contributed by atoms with van der Waals surface area (Å²) in [6.07, 6.45) is -4.68. The Labute approximate surface area is 206 Å². The molecule has 0 radical (unpaired) electrons. The van der Waals surface area contributed by atoms with Gasteiger partial charge in [0.15, 0.2) is 0 Å². The van der Waals surface area contributed by atoms with E-state index in [0.717, 1.165) is 11.6 Å². The van der Waals surface area contributed by atoms with Crippen LogP contribution in [-0.2, 0) is 17.5 Å². The first-order valence-electron chi connectivity index (χ1n) is 11.4. The number of aromatic nitrogens is 2. The van der Waals surface area contributed by atoms with Crippen molar-refractivity contribution in [3.63, 3.8) is 0 Å². The molecule has 3 aromatic carbocycles. The van der Waals surface area contributed by atoms with Crippen molar-refractivity contribution in [2.75, 3.05) is 5.32 Å². The summed E-state index contributed by atoms with van der Waals surface area (Å²) in [5.41, 5.74) is 2.20. The highest BCUT2D eigenvalue weighted by atomic mass is 19.4. The second-order valence-corrected chi connectivity index (χ2v) is 8.46. The van der Waals surface area contributed by atoms with Crippen molar-refractivity contribution < 1.29 is 18.0 Å². The molecule has 5 rings (SSSR count). The lowest BCUT2D eigenvalue weighted by atomic mass is 10.0. The lowest BCUT2D eigenvalue weighted by Gasteiger charge is -2.13. The van der Waals surface area contributed by atoms with Gasteiger partial charge < -0.3 is 9.88 Å². The maximum absolute atomic E-state index is 14.6. The maximum atomic E-state index is 14.6. The fourth-order valence-corrected chi connectivity index (χ4v) is 4.43. The highest BCUT2D eigenvalue weighted by molar-refractivity contribution is 6.09. The summed E-state index contributed by atoms with van der Waals surface area (Å²) in [6.45, 7) is 1.55. The molecule has 0 aliphatic rings. The molecular formula is C29H22F3N3O. The minimum Gasteiger partial charge on any atom is -0.324 e. The number of benzene rings is 3. The first-order valence-corrected chi connectivity index (χ1v) is 11.4. The molecule has 0 atom stereocenters. The molecule has 0 aliphatic carbocycles. The van der Waals surface area contributed by atoms with E-state index in [1.165, 1.54) is 6.92 Å². The number of nitrogens with zero attached hydrogens (tertiary/aromatic N) is 2. The number of pyridine rings is 1. The van der Waals surface area contributed by atoms with E-state index >= 15 is 0 Å². The van der Waals surface area contributed by atoms with Crippen molar-refractivity contribution in [3.05, 3.63) is 108 Å².